The van der Waals surface area contributed by atoms with Crippen LogP contribution in [0.3, 0.4) is 0 Å². The van der Waals surface area contributed by atoms with E-state index in [0.29, 0.717) is 13.0 Å². The summed E-state index contributed by atoms with van der Waals surface area (Å²) in [6.45, 7) is 2.77. The van der Waals surface area contributed by atoms with Crippen LogP contribution in [0.4, 0.5) is 0 Å². The lowest BCUT2D eigenvalue weighted by atomic mass is 10.0. The van der Waals surface area contributed by atoms with E-state index in [9.17, 15) is 4.79 Å². The minimum Gasteiger partial charge on any atom is -0.493 e. The number of benzene rings is 2. The summed E-state index contributed by atoms with van der Waals surface area (Å²) in [5.74, 6) is 0.857. The Morgan fingerprint density at radius 1 is 1.22 bits per heavy atom. The van der Waals surface area contributed by atoms with Crippen molar-refractivity contribution < 1.29 is 9.53 Å². The maximum Gasteiger partial charge on any atom is 0.226 e. The molecule has 4 nitrogen and oxygen atoms in total. The molecular formula is C22H22N2O2S. The number of nitrogens with zero attached hydrogens (tertiary/aromatic N) is 1. The average molecular weight is 378 g/mol. The van der Waals surface area contributed by atoms with Gasteiger partial charge in [0.1, 0.15) is 10.8 Å². The van der Waals surface area contributed by atoms with Crippen LogP contribution < -0.4 is 10.1 Å². The molecule has 138 valence electrons. The molecule has 0 saturated carbocycles. The lowest BCUT2D eigenvalue weighted by Gasteiger charge is -2.26. The predicted molar refractivity (Wildman–Crippen MR) is 108 cm³/mol. The van der Waals surface area contributed by atoms with Crippen LogP contribution in [0.2, 0.25) is 0 Å². The zero-order valence-electron chi connectivity index (χ0n) is 15.3. The maximum absolute atomic E-state index is 12.5. The van der Waals surface area contributed by atoms with Crippen LogP contribution >= 0.6 is 11.3 Å². The first-order valence-corrected chi connectivity index (χ1v) is 10.2. The monoisotopic (exact) mass is 378 g/mol. The molecule has 2 heterocycles. The number of aromatic nitrogens is 1. The first-order chi connectivity index (χ1) is 13.2. The molecule has 0 bridgehead atoms. The van der Waals surface area contributed by atoms with Crippen molar-refractivity contribution in [2.24, 2.45) is 0 Å². The lowest BCUT2D eigenvalue weighted by molar-refractivity contribution is -0.121. The van der Waals surface area contributed by atoms with Crippen molar-refractivity contribution in [2.75, 3.05) is 6.61 Å². The minimum absolute atomic E-state index is 0.00199. The number of ether oxygens (including phenoxy) is 1. The average Bonchev–Trinajstić information content (AvgIpc) is 3.16. The van der Waals surface area contributed by atoms with Crippen LogP contribution in [0.5, 0.6) is 5.75 Å². The van der Waals surface area contributed by atoms with Crippen molar-refractivity contribution in [3.63, 3.8) is 0 Å². The van der Waals surface area contributed by atoms with Gasteiger partial charge >= 0.3 is 0 Å². The Kier molecular flexibility index (Phi) is 5.21. The number of rotatable bonds is 5. The van der Waals surface area contributed by atoms with Crippen LogP contribution in [-0.2, 0) is 17.6 Å². The van der Waals surface area contributed by atoms with Crippen LogP contribution in [0.25, 0.3) is 10.6 Å². The molecule has 3 aromatic rings. The number of nitrogens with one attached hydrogen (secondary N) is 1. The summed E-state index contributed by atoms with van der Waals surface area (Å²) in [6, 6.07) is 16.3. The number of para-hydroxylation sites is 1. The molecule has 1 amide bonds. The summed E-state index contributed by atoms with van der Waals surface area (Å²) < 4.78 is 5.66. The third kappa shape index (κ3) is 4.03. The van der Waals surface area contributed by atoms with Crippen LogP contribution in [-0.4, -0.2) is 17.5 Å². The van der Waals surface area contributed by atoms with E-state index >= 15 is 0 Å². The summed E-state index contributed by atoms with van der Waals surface area (Å²) in [4.78, 5) is 17.2. The molecule has 1 aliphatic heterocycles. The fourth-order valence-electron chi connectivity index (χ4n) is 3.31. The molecule has 0 radical (unpaired) electrons. The summed E-state index contributed by atoms with van der Waals surface area (Å²) in [5, 5.41) is 6.06. The second kappa shape index (κ2) is 7.92. The van der Waals surface area contributed by atoms with Gasteiger partial charge in [-0.2, -0.15) is 0 Å². The summed E-state index contributed by atoms with van der Waals surface area (Å²) in [5.41, 5.74) is 4.27. The molecule has 4 rings (SSSR count). The predicted octanol–water partition coefficient (Wildman–Crippen LogP) is 4.56. The molecule has 27 heavy (non-hydrogen) atoms. The van der Waals surface area contributed by atoms with Gasteiger partial charge in [-0.25, -0.2) is 4.98 Å². The number of carbonyl (C=O) groups is 1. The molecule has 2 aromatic carbocycles. The van der Waals surface area contributed by atoms with Gasteiger partial charge in [0.05, 0.1) is 24.8 Å². The number of fused-ring (bicyclic) bond motifs is 1. The Labute approximate surface area is 163 Å². The Balaban J connectivity index is 1.41. The standard InChI is InChI=1S/C22H22N2O2S/c1-2-15-7-9-16(10-8-15)22-23-17(14-27-22)13-21(25)24-19-11-12-26-20-6-4-3-5-18(19)20/h3-10,14,19H,2,11-13H2,1H3,(H,24,25). The maximum atomic E-state index is 12.5. The van der Waals surface area contributed by atoms with E-state index in [2.05, 4.69) is 41.5 Å². The Hall–Kier alpha value is -2.66. The van der Waals surface area contributed by atoms with Crippen molar-refractivity contribution in [3.8, 4) is 16.3 Å². The summed E-state index contributed by atoms with van der Waals surface area (Å²) >= 11 is 1.58. The van der Waals surface area contributed by atoms with E-state index in [-0.39, 0.29) is 11.9 Å². The molecule has 1 unspecified atom stereocenters. The van der Waals surface area contributed by atoms with E-state index in [4.69, 9.17) is 4.74 Å². The molecule has 1 aliphatic rings. The van der Waals surface area contributed by atoms with E-state index in [1.165, 1.54) is 5.56 Å². The number of thiazole rings is 1. The van der Waals surface area contributed by atoms with Crippen LogP contribution in [0.1, 0.15) is 36.2 Å². The van der Waals surface area contributed by atoms with Crippen molar-refractivity contribution in [1.29, 1.82) is 0 Å². The van der Waals surface area contributed by atoms with Gasteiger partial charge in [-0.05, 0) is 18.1 Å². The van der Waals surface area contributed by atoms with Gasteiger partial charge in [-0.1, -0.05) is 49.4 Å². The third-order valence-corrected chi connectivity index (χ3v) is 5.74. The van der Waals surface area contributed by atoms with Crippen molar-refractivity contribution in [2.45, 2.75) is 32.2 Å². The van der Waals surface area contributed by atoms with Gasteiger partial charge in [-0.15, -0.1) is 11.3 Å². The summed E-state index contributed by atoms with van der Waals surface area (Å²) in [7, 11) is 0. The van der Waals surface area contributed by atoms with Crippen LogP contribution in [0, 0.1) is 0 Å². The number of hydrogen-bond donors (Lipinski definition) is 1. The first-order valence-electron chi connectivity index (χ1n) is 9.27. The fraction of sp³-hybridized carbons (Fsp3) is 0.273. The number of hydrogen-bond acceptors (Lipinski definition) is 4. The third-order valence-electron chi connectivity index (χ3n) is 4.80. The zero-order valence-corrected chi connectivity index (χ0v) is 16.1. The largest absolute Gasteiger partial charge is 0.493 e. The molecule has 0 aliphatic carbocycles. The quantitative estimate of drug-likeness (QED) is 0.708. The fourth-order valence-corrected chi connectivity index (χ4v) is 4.13. The molecule has 0 fully saturated rings. The normalized spacial score (nSPS) is 15.7. The summed E-state index contributed by atoms with van der Waals surface area (Å²) in [6.07, 6.45) is 2.11. The molecule has 0 spiro atoms. The van der Waals surface area contributed by atoms with Gasteiger partial charge in [0.15, 0.2) is 0 Å². The van der Waals surface area contributed by atoms with E-state index in [0.717, 1.165) is 40.4 Å². The molecule has 1 aromatic heterocycles. The molecule has 5 heteroatoms. The van der Waals surface area contributed by atoms with E-state index in [1.807, 2.05) is 29.6 Å². The van der Waals surface area contributed by atoms with Gasteiger partial charge in [0.2, 0.25) is 5.91 Å². The first kappa shape index (κ1) is 17.7. The van der Waals surface area contributed by atoms with Crippen molar-refractivity contribution in [3.05, 3.63) is 70.7 Å². The highest BCUT2D eigenvalue weighted by Crippen LogP contribution is 2.31. The highest BCUT2D eigenvalue weighted by atomic mass is 32.1. The molecule has 0 saturated heterocycles. The number of amides is 1. The second-order valence-corrected chi connectivity index (χ2v) is 7.52. The Bertz CT molecular complexity index is 933. The highest BCUT2D eigenvalue weighted by molar-refractivity contribution is 7.13. The van der Waals surface area contributed by atoms with Gasteiger partial charge < -0.3 is 10.1 Å². The number of aryl methyl sites for hydroxylation is 1. The van der Waals surface area contributed by atoms with Gasteiger partial charge in [0, 0.05) is 22.9 Å². The Morgan fingerprint density at radius 2 is 2.04 bits per heavy atom. The van der Waals surface area contributed by atoms with Crippen LogP contribution in [0.15, 0.2) is 53.9 Å². The topological polar surface area (TPSA) is 51.2 Å². The van der Waals surface area contributed by atoms with E-state index < -0.39 is 0 Å². The molecular weight excluding hydrogens is 356 g/mol. The van der Waals surface area contributed by atoms with E-state index in [1.54, 1.807) is 11.3 Å². The van der Waals surface area contributed by atoms with Crippen molar-refractivity contribution >= 4 is 17.2 Å². The smallest absolute Gasteiger partial charge is 0.226 e. The lowest BCUT2D eigenvalue weighted by Crippen LogP contribution is -2.33. The zero-order chi connectivity index (χ0) is 18.6. The molecule has 1 atom stereocenters. The number of carbonyl (C=O) groups excluding carboxylic acids is 1. The minimum atomic E-state index is -0.00474. The molecule has 1 N–H and O–H groups in total. The van der Waals surface area contributed by atoms with Crippen molar-refractivity contribution in [1.82, 2.24) is 10.3 Å². The van der Waals surface area contributed by atoms with Gasteiger partial charge in [0.25, 0.3) is 0 Å². The second-order valence-electron chi connectivity index (χ2n) is 6.67. The Morgan fingerprint density at radius 3 is 2.85 bits per heavy atom. The van der Waals surface area contributed by atoms with Gasteiger partial charge in [-0.3, -0.25) is 4.79 Å². The highest BCUT2D eigenvalue weighted by Gasteiger charge is 2.22. The SMILES string of the molecule is CCc1ccc(-c2nc(CC(=O)NC3CCOc4ccccc43)cs2)cc1.